The minimum Gasteiger partial charge on any atom is -0.296 e. The van der Waals surface area contributed by atoms with Gasteiger partial charge in [-0.2, -0.15) is 12.1 Å². The minimum absolute atomic E-state index is 0. The first-order valence-corrected chi connectivity index (χ1v) is 3.85. The van der Waals surface area contributed by atoms with Gasteiger partial charge in [-0.15, -0.1) is 20.2 Å². The van der Waals surface area contributed by atoms with Crippen LogP contribution in [0.2, 0.25) is 0 Å². The molecule has 0 amide bonds. The molecular weight excluding hydrogens is 150 g/mol. The molecule has 0 spiro atoms. The average Bonchev–Trinajstić information content (AvgIpc) is 2.15. The molecule has 0 aliphatic rings. The van der Waals surface area contributed by atoms with Gasteiger partial charge >= 0.3 is 37.7 Å². The zero-order valence-corrected chi connectivity index (χ0v) is 7.60. The predicted octanol–water partition coefficient (Wildman–Crippen LogP) is -3.43. The molecule has 10 heavy (non-hydrogen) atoms. The Hall–Kier alpha value is 0.855. The van der Waals surface area contributed by atoms with Gasteiger partial charge in [0, 0.05) is 0 Å². The Kier molecular flexibility index (Phi) is 5.08. The maximum Gasteiger partial charge on any atom is 1.00 e. The SMILES string of the molecule is [Li+].[Li+].[c-]1cc2s[c-]cc2s1. The first-order valence-electron chi connectivity index (χ1n) is 2.22. The summed E-state index contributed by atoms with van der Waals surface area (Å²) in [6.07, 6.45) is 0. The van der Waals surface area contributed by atoms with Gasteiger partial charge < -0.3 is 0 Å². The van der Waals surface area contributed by atoms with E-state index in [1.165, 1.54) is 9.40 Å². The summed E-state index contributed by atoms with van der Waals surface area (Å²) in [4.78, 5) is 0. The number of fused-ring (bicyclic) bond motifs is 1. The molecule has 0 saturated carbocycles. The van der Waals surface area contributed by atoms with Crippen molar-refractivity contribution in [3.05, 3.63) is 22.9 Å². The van der Waals surface area contributed by atoms with E-state index in [9.17, 15) is 0 Å². The fraction of sp³-hybridized carbons (Fsp3) is 0. The number of thiophene rings is 2. The summed E-state index contributed by atoms with van der Waals surface area (Å²) >= 11 is 3.30. The van der Waals surface area contributed by atoms with Crippen molar-refractivity contribution in [2.45, 2.75) is 0 Å². The van der Waals surface area contributed by atoms with Crippen LogP contribution in [0.25, 0.3) is 9.40 Å². The van der Waals surface area contributed by atoms with Crippen LogP contribution in [0.5, 0.6) is 0 Å². The Labute approximate surface area is 92.0 Å². The maximum atomic E-state index is 3.05. The van der Waals surface area contributed by atoms with E-state index in [4.69, 9.17) is 0 Å². The van der Waals surface area contributed by atoms with E-state index in [0.29, 0.717) is 0 Å². The van der Waals surface area contributed by atoms with Gasteiger partial charge in [-0.3, -0.25) is 22.7 Å². The average molecular weight is 152 g/mol. The molecular formula is C6H2Li2S2. The molecule has 40 valence electrons. The van der Waals surface area contributed by atoms with Gasteiger partial charge in [0.2, 0.25) is 0 Å². The molecule has 0 bridgehead atoms. The fourth-order valence-electron chi connectivity index (χ4n) is 0.595. The summed E-state index contributed by atoms with van der Waals surface area (Å²) in [6, 6.07) is 4.00. The largest absolute Gasteiger partial charge is 1.00 e. The zero-order chi connectivity index (χ0) is 5.40. The molecule has 0 nitrogen and oxygen atoms in total. The van der Waals surface area contributed by atoms with Crippen molar-refractivity contribution in [2.75, 3.05) is 0 Å². The van der Waals surface area contributed by atoms with Gasteiger partial charge in [0.15, 0.2) is 0 Å². The number of hydrogen-bond acceptors (Lipinski definition) is 2. The smallest absolute Gasteiger partial charge is 0.296 e. The third-order valence-electron chi connectivity index (χ3n) is 0.961. The summed E-state index contributed by atoms with van der Waals surface area (Å²) < 4.78 is 2.60. The Balaban J connectivity index is 0.000000405. The summed E-state index contributed by atoms with van der Waals surface area (Å²) in [5.41, 5.74) is 0. The number of hydrogen-bond donors (Lipinski definition) is 0. The van der Waals surface area contributed by atoms with Crippen LogP contribution in [0.4, 0.5) is 0 Å². The van der Waals surface area contributed by atoms with Crippen LogP contribution in [-0.4, -0.2) is 0 Å². The normalized spacial score (nSPS) is 8.40. The van der Waals surface area contributed by atoms with Gasteiger partial charge in [-0.1, -0.05) is 0 Å². The van der Waals surface area contributed by atoms with Crippen molar-refractivity contribution in [3.63, 3.8) is 0 Å². The fourth-order valence-corrected chi connectivity index (χ4v) is 2.16. The first kappa shape index (κ1) is 10.9. The topological polar surface area (TPSA) is 0 Å². The summed E-state index contributed by atoms with van der Waals surface area (Å²) in [6.45, 7) is 0. The summed E-state index contributed by atoms with van der Waals surface area (Å²) in [5, 5.41) is 6.10. The van der Waals surface area contributed by atoms with Crippen LogP contribution in [0.1, 0.15) is 0 Å². The molecule has 0 aliphatic heterocycles. The van der Waals surface area contributed by atoms with Crippen molar-refractivity contribution >= 4 is 32.1 Å². The van der Waals surface area contributed by atoms with Crippen molar-refractivity contribution in [1.82, 2.24) is 0 Å². The Morgan fingerprint density at radius 3 is 1.70 bits per heavy atom. The maximum absolute atomic E-state index is 3.05. The number of rotatable bonds is 0. The van der Waals surface area contributed by atoms with Crippen LogP contribution in [0.15, 0.2) is 12.1 Å². The monoisotopic (exact) mass is 152 g/mol. The van der Waals surface area contributed by atoms with Crippen LogP contribution in [0, 0.1) is 10.8 Å². The van der Waals surface area contributed by atoms with E-state index in [1.807, 2.05) is 12.1 Å². The van der Waals surface area contributed by atoms with E-state index in [-0.39, 0.29) is 37.7 Å². The van der Waals surface area contributed by atoms with Crippen molar-refractivity contribution < 1.29 is 37.7 Å². The van der Waals surface area contributed by atoms with Crippen LogP contribution in [-0.2, 0) is 0 Å². The molecule has 2 rings (SSSR count). The van der Waals surface area contributed by atoms with E-state index >= 15 is 0 Å². The van der Waals surface area contributed by atoms with E-state index < -0.39 is 0 Å². The van der Waals surface area contributed by atoms with Gasteiger partial charge in [0.05, 0.1) is 0 Å². The van der Waals surface area contributed by atoms with Crippen LogP contribution >= 0.6 is 22.7 Å². The molecule has 0 saturated heterocycles. The summed E-state index contributed by atoms with van der Waals surface area (Å²) in [7, 11) is 0. The molecule has 0 atom stereocenters. The second-order valence-electron chi connectivity index (χ2n) is 1.46. The third kappa shape index (κ3) is 1.92. The van der Waals surface area contributed by atoms with Gasteiger partial charge in [0.1, 0.15) is 0 Å². The van der Waals surface area contributed by atoms with E-state index in [1.54, 1.807) is 22.7 Å². The predicted molar refractivity (Wildman–Crippen MR) is 37.4 cm³/mol. The van der Waals surface area contributed by atoms with Crippen LogP contribution < -0.4 is 37.7 Å². The second-order valence-corrected chi connectivity index (χ2v) is 3.22. The molecule has 0 unspecified atom stereocenters. The molecule has 2 aromatic heterocycles. The van der Waals surface area contributed by atoms with Gasteiger partial charge in [-0.05, 0) is 0 Å². The molecule has 0 N–H and O–H groups in total. The summed E-state index contributed by atoms with van der Waals surface area (Å²) in [5.74, 6) is 0. The van der Waals surface area contributed by atoms with Gasteiger partial charge in [-0.25, -0.2) is 0 Å². The first-order chi connectivity index (χ1) is 3.97. The van der Waals surface area contributed by atoms with E-state index in [2.05, 4.69) is 10.8 Å². The van der Waals surface area contributed by atoms with Crippen molar-refractivity contribution in [3.8, 4) is 0 Å². The third-order valence-corrected chi connectivity index (χ3v) is 2.68. The molecule has 0 aromatic carbocycles. The van der Waals surface area contributed by atoms with Crippen molar-refractivity contribution in [2.24, 2.45) is 0 Å². The van der Waals surface area contributed by atoms with Gasteiger partial charge in [0.25, 0.3) is 0 Å². The Bertz CT molecular complexity index is 235. The quantitative estimate of drug-likeness (QED) is 0.272. The molecule has 2 heterocycles. The zero-order valence-electron chi connectivity index (χ0n) is 5.97. The van der Waals surface area contributed by atoms with E-state index in [0.717, 1.165) is 0 Å². The Morgan fingerprint density at radius 2 is 1.30 bits per heavy atom. The second kappa shape index (κ2) is 4.68. The molecule has 0 fully saturated rings. The molecule has 0 radical (unpaired) electrons. The van der Waals surface area contributed by atoms with Crippen molar-refractivity contribution in [1.29, 1.82) is 0 Å². The van der Waals surface area contributed by atoms with Crippen LogP contribution in [0.3, 0.4) is 0 Å². The molecule has 4 heteroatoms. The molecule has 0 aliphatic carbocycles. The standard InChI is InChI=1S/C6H2S2.2Li/c1-3-7-6-2-4-8-5(1)6;;/h1-2H;;/q-2;2*+1. The Morgan fingerprint density at radius 1 is 0.900 bits per heavy atom. The minimum atomic E-state index is 0. The molecule has 2 aromatic rings.